The van der Waals surface area contributed by atoms with Gasteiger partial charge in [-0.3, -0.25) is 0 Å². The second-order valence-corrected chi connectivity index (χ2v) is 7.55. The van der Waals surface area contributed by atoms with Crippen LogP contribution in [0.5, 0.6) is 0 Å². The topological polar surface area (TPSA) is 81.2 Å². The van der Waals surface area contributed by atoms with Crippen molar-refractivity contribution in [3.05, 3.63) is 91.9 Å². The molecule has 2 aromatic carbocycles. The first-order valence-electron chi connectivity index (χ1n) is 10.4. The molecule has 154 valence electrons. The van der Waals surface area contributed by atoms with Crippen LogP contribution in [0.15, 0.2) is 66.1 Å². The Labute approximate surface area is 194 Å². The number of benzene rings is 2. The molecular formula is C19H18Cl3N3O3S. The monoisotopic (exact) mass is 478 g/mol. The second-order valence-electron chi connectivity index (χ2n) is 5.28. The molecule has 1 N–H and O–H groups in total. The maximum absolute atomic E-state index is 9.15. The standard InChI is InChI=1S/C19H17Cl3N2S.HNO3/c20-15-7-4-14(5-8-15)6-9-16(12-24-11-10-23-13-24)25-19-17(21)2-1-3-18(19)22;2-1(3)4/h1-5,7-8,10-11,13,16H,6,9,12H2;(H,2,3,4)/t16-;/m1./s1/i9D2,12D2,16D;. The van der Waals surface area contributed by atoms with Gasteiger partial charge in [0.1, 0.15) is 0 Å². The average molecular weight is 480 g/mol. The van der Waals surface area contributed by atoms with Crippen LogP contribution in [-0.2, 0) is 12.9 Å². The highest BCUT2D eigenvalue weighted by Crippen LogP contribution is 2.38. The highest BCUT2D eigenvalue weighted by molar-refractivity contribution is 8.00. The predicted octanol–water partition coefficient (Wildman–Crippen LogP) is 6.29. The fourth-order valence-electron chi connectivity index (χ4n) is 2.01. The van der Waals surface area contributed by atoms with Crippen LogP contribution >= 0.6 is 46.6 Å². The fourth-order valence-corrected chi connectivity index (χ4v) is 3.59. The number of aryl methyl sites for hydroxylation is 1. The van der Waals surface area contributed by atoms with Gasteiger partial charge in [-0.2, -0.15) is 0 Å². The minimum atomic E-state index is -2.51. The van der Waals surface area contributed by atoms with Crippen LogP contribution < -0.4 is 0 Å². The number of hydrogen-bond acceptors (Lipinski definition) is 4. The number of imidazole rings is 1. The van der Waals surface area contributed by atoms with E-state index in [1.54, 1.807) is 42.5 Å². The zero-order valence-electron chi connectivity index (χ0n) is 19.6. The van der Waals surface area contributed by atoms with Crippen molar-refractivity contribution in [1.82, 2.24) is 9.55 Å². The van der Waals surface area contributed by atoms with Crippen molar-refractivity contribution < 1.29 is 17.1 Å². The molecule has 6 nitrogen and oxygen atoms in total. The zero-order valence-corrected chi connectivity index (χ0v) is 17.7. The third-order valence-electron chi connectivity index (χ3n) is 3.22. The highest BCUT2D eigenvalue weighted by Gasteiger charge is 2.16. The van der Waals surface area contributed by atoms with E-state index in [9.17, 15) is 0 Å². The fraction of sp³-hybridized carbons (Fsp3) is 0.211. The third kappa shape index (κ3) is 8.53. The summed E-state index contributed by atoms with van der Waals surface area (Å²) in [6.07, 6.45) is 1.37. The Morgan fingerprint density at radius 3 is 2.41 bits per heavy atom. The molecule has 0 spiro atoms. The molecule has 0 amide bonds. The lowest BCUT2D eigenvalue weighted by Gasteiger charge is -2.19. The van der Waals surface area contributed by atoms with Gasteiger partial charge in [-0.15, -0.1) is 21.9 Å². The van der Waals surface area contributed by atoms with Gasteiger partial charge in [0.05, 0.1) is 19.1 Å². The third-order valence-corrected chi connectivity index (χ3v) is 5.41. The van der Waals surface area contributed by atoms with E-state index in [2.05, 4.69) is 4.98 Å². The lowest BCUT2D eigenvalue weighted by molar-refractivity contribution is -0.742. The summed E-state index contributed by atoms with van der Waals surface area (Å²) >= 11 is 19.1. The number of thioether (sulfide) groups is 1. The van der Waals surface area contributed by atoms with Gasteiger partial charge in [-0.1, -0.05) is 53.0 Å². The van der Waals surface area contributed by atoms with Crippen molar-refractivity contribution in [3.63, 3.8) is 0 Å². The Bertz CT molecular complexity index is 1100. The maximum atomic E-state index is 9.15. The largest absolute Gasteiger partial charge is 0.336 e. The Morgan fingerprint density at radius 2 is 1.86 bits per heavy atom. The van der Waals surface area contributed by atoms with Gasteiger partial charge in [-0.05, 0) is 42.6 Å². The van der Waals surface area contributed by atoms with E-state index in [1.807, 2.05) is 0 Å². The highest BCUT2D eigenvalue weighted by atomic mass is 35.5. The van der Waals surface area contributed by atoms with Crippen molar-refractivity contribution in [2.75, 3.05) is 0 Å². The molecule has 0 aliphatic heterocycles. The van der Waals surface area contributed by atoms with Crippen molar-refractivity contribution >= 4 is 46.6 Å². The molecule has 0 saturated heterocycles. The molecule has 10 heteroatoms. The molecule has 0 aliphatic carbocycles. The second kappa shape index (κ2) is 11.9. The molecule has 0 bridgehead atoms. The van der Waals surface area contributed by atoms with Crippen LogP contribution in [0.25, 0.3) is 0 Å². The first-order chi connectivity index (χ1) is 15.7. The summed E-state index contributed by atoms with van der Waals surface area (Å²) in [5.74, 6) is 0. The van der Waals surface area contributed by atoms with Gasteiger partial charge in [0, 0.05) is 38.1 Å². The predicted molar refractivity (Wildman–Crippen MR) is 117 cm³/mol. The summed E-state index contributed by atoms with van der Waals surface area (Å²) in [6.45, 7) is -2.51. The molecule has 0 aliphatic rings. The molecule has 0 unspecified atom stereocenters. The van der Waals surface area contributed by atoms with E-state index in [0.717, 1.165) is 4.57 Å². The lowest BCUT2D eigenvalue weighted by Crippen LogP contribution is -2.13. The minimum Gasteiger partial charge on any atom is -0.336 e. The van der Waals surface area contributed by atoms with Crippen LogP contribution in [-0.4, -0.2) is 25.1 Å². The number of rotatable bonds is 7. The Morgan fingerprint density at radius 1 is 1.24 bits per heavy atom. The molecule has 0 radical (unpaired) electrons. The molecule has 1 aromatic heterocycles. The van der Waals surface area contributed by atoms with Crippen LogP contribution in [0, 0.1) is 10.1 Å². The van der Waals surface area contributed by atoms with E-state index in [-0.39, 0.29) is 21.4 Å². The van der Waals surface area contributed by atoms with E-state index >= 15 is 0 Å². The number of aromatic nitrogens is 2. The smallest absolute Gasteiger partial charge is 0.291 e. The van der Waals surface area contributed by atoms with Gasteiger partial charge < -0.3 is 9.77 Å². The minimum absolute atomic E-state index is 0.216. The van der Waals surface area contributed by atoms with E-state index in [0.29, 0.717) is 22.3 Å². The van der Waals surface area contributed by atoms with Crippen LogP contribution in [0.4, 0.5) is 0 Å². The molecule has 1 atom stereocenters. The van der Waals surface area contributed by atoms with Gasteiger partial charge >= 0.3 is 0 Å². The first kappa shape index (κ1) is 16.8. The van der Waals surface area contributed by atoms with Crippen LogP contribution in [0.2, 0.25) is 15.1 Å². The molecule has 0 fully saturated rings. The molecule has 0 saturated carbocycles. The van der Waals surface area contributed by atoms with E-state index in [1.165, 1.54) is 18.7 Å². The Hall–Kier alpha value is -1.93. The Balaban J connectivity index is 0.000000945. The van der Waals surface area contributed by atoms with Gasteiger partial charge in [-0.25, -0.2) is 4.98 Å². The number of nitrogens with zero attached hydrogens (tertiary/aromatic N) is 3. The summed E-state index contributed by atoms with van der Waals surface area (Å²) in [7, 11) is 0. The molecule has 3 aromatic rings. The SMILES string of the molecule is O=[N+]([O-])O.[2H]C([2H])(Cc1ccc(Cl)cc1)[C@@]([2H])(Sc1c(Cl)cccc1Cl)C([2H])([2H])n1ccnc1. The van der Waals surface area contributed by atoms with Crippen molar-refractivity contribution in [2.45, 2.75) is 29.4 Å². The van der Waals surface area contributed by atoms with Crippen molar-refractivity contribution in [2.24, 2.45) is 0 Å². The molecule has 3 rings (SSSR count). The Kier molecular flexibility index (Phi) is 6.92. The molecule has 1 heterocycles. The van der Waals surface area contributed by atoms with Gasteiger partial charge in [0.2, 0.25) is 0 Å². The van der Waals surface area contributed by atoms with Crippen LogP contribution in [0.1, 0.15) is 18.8 Å². The first-order valence-corrected chi connectivity index (χ1v) is 9.85. The number of halogens is 3. The van der Waals surface area contributed by atoms with Crippen LogP contribution in [0.3, 0.4) is 0 Å². The summed E-state index contributed by atoms with van der Waals surface area (Å²) in [5, 5.41) is 12.2. The molecule has 29 heavy (non-hydrogen) atoms. The normalized spacial score (nSPS) is 16.0. The zero-order chi connectivity index (χ0) is 25.7. The quantitative estimate of drug-likeness (QED) is 0.245. The van der Waals surface area contributed by atoms with Crippen molar-refractivity contribution in [3.8, 4) is 0 Å². The van der Waals surface area contributed by atoms with E-state index in [4.69, 9.17) is 57.0 Å². The summed E-state index contributed by atoms with van der Waals surface area (Å²) in [5.41, 5.74) is 0.577. The van der Waals surface area contributed by atoms with E-state index < -0.39 is 23.2 Å². The summed E-state index contributed by atoms with van der Waals surface area (Å²) < 4.78 is 45.2. The number of hydrogen-bond donors (Lipinski definition) is 1. The van der Waals surface area contributed by atoms with Crippen molar-refractivity contribution in [1.29, 1.82) is 0 Å². The molecular weight excluding hydrogens is 457 g/mol. The summed E-state index contributed by atoms with van der Waals surface area (Å²) in [4.78, 5) is 12.5. The lowest BCUT2D eigenvalue weighted by atomic mass is 10.1. The van der Waals surface area contributed by atoms with Gasteiger partial charge in [0.25, 0.3) is 5.09 Å². The maximum Gasteiger partial charge on any atom is 0.291 e. The summed E-state index contributed by atoms with van der Waals surface area (Å²) in [6, 6.07) is 11.3. The van der Waals surface area contributed by atoms with Gasteiger partial charge in [0.15, 0.2) is 0 Å². The average Bonchev–Trinajstić information content (AvgIpc) is 3.27.